The number of halogens is 1. The van der Waals surface area contributed by atoms with Gasteiger partial charge < -0.3 is 14.7 Å². The van der Waals surface area contributed by atoms with Gasteiger partial charge in [0.2, 0.25) is 0 Å². The molecular weight excluding hydrogens is 226 g/mol. The molecule has 1 aliphatic rings. The van der Waals surface area contributed by atoms with E-state index in [-0.39, 0.29) is 6.10 Å². The molecule has 0 aromatic heterocycles. The van der Waals surface area contributed by atoms with Crippen molar-refractivity contribution in [1.82, 2.24) is 4.90 Å². The lowest BCUT2D eigenvalue weighted by Gasteiger charge is -2.33. The zero-order valence-corrected chi connectivity index (χ0v) is 10.0. The largest absolute Gasteiger partial charge is 0.488 e. The van der Waals surface area contributed by atoms with Gasteiger partial charge in [0.1, 0.15) is 18.0 Å². The van der Waals surface area contributed by atoms with Gasteiger partial charge in [-0.1, -0.05) is 17.7 Å². The van der Waals surface area contributed by atoms with Crippen LogP contribution in [0.25, 0.3) is 0 Å². The molecule has 4 heteroatoms. The van der Waals surface area contributed by atoms with Crippen molar-refractivity contribution >= 4 is 11.6 Å². The van der Waals surface area contributed by atoms with Crippen LogP contribution in [0.3, 0.4) is 0 Å². The van der Waals surface area contributed by atoms with E-state index in [9.17, 15) is 5.11 Å². The summed E-state index contributed by atoms with van der Waals surface area (Å²) in [5.41, 5.74) is 0. The highest BCUT2D eigenvalue weighted by Gasteiger charge is 2.27. The average Bonchev–Trinajstić information content (AvgIpc) is 2.22. The van der Waals surface area contributed by atoms with Crippen molar-refractivity contribution in [2.24, 2.45) is 0 Å². The number of hydrogen-bond acceptors (Lipinski definition) is 3. The van der Waals surface area contributed by atoms with Crippen LogP contribution in [0.15, 0.2) is 24.3 Å². The zero-order valence-electron chi connectivity index (χ0n) is 9.27. The van der Waals surface area contributed by atoms with Crippen LogP contribution in [-0.2, 0) is 0 Å². The van der Waals surface area contributed by atoms with Gasteiger partial charge in [-0.3, -0.25) is 0 Å². The molecule has 0 saturated carbocycles. The molecule has 1 N–H and O–H groups in total. The summed E-state index contributed by atoms with van der Waals surface area (Å²) in [6.45, 7) is 1.60. The van der Waals surface area contributed by atoms with Gasteiger partial charge in [0.05, 0.1) is 0 Å². The first-order chi connectivity index (χ1) is 7.65. The SMILES string of the molecule is CN1CC[C@@H](Oc2cccc(Cl)c2)[C@H](O)C1. The van der Waals surface area contributed by atoms with Crippen molar-refractivity contribution in [3.8, 4) is 5.75 Å². The lowest BCUT2D eigenvalue weighted by molar-refractivity contribution is -0.0181. The van der Waals surface area contributed by atoms with Crippen LogP contribution in [0.1, 0.15) is 6.42 Å². The summed E-state index contributed by atoms with van der Waals surface area (Å²) < 4.78 is 5.74. The van der Waals surface area contributed by atoms with Crippen molar-refractivity contribution in [3.05, 3.63) is 29.3 Å². The first-order valence-corrected chi connectivity index (χ1v) is 5.82. The molecule has 88 valence electrons. The van der Waals surface area contributed by atoms with Crippen molar-refractivity contribution in [3.63, 3.8) is 0 Å². The van der Waals surface area contributed by atoms with E-state index in [2.05, 4.69) is 4.90 Å². The number of nitrogens with zero attached hydrogens (tertiary/aromatic N) is 1. The lowest BCUT2D eigenvalue weighted by Crippen LogP contribution is -2.47. The Morgan fingerprint density at radius 1 is 1.50 bits per heavy atom. The Hall–Kier alpha value is -0.770. The number of rotatable bonds is 2. The number of aliphatic hydroxyl groups excluding tert-OH is 1. The lowest BCUT2D eigenvalue weighted by atomic mass is 10.1. The second-order valence-electron chi connectivity index (χ2n) is 4.23. The molecule has 1 saturated heterocycles. The fourth-order valence-corrected chi connectivity index (χ4v) is 2.10. The summed E-state index contributed by atoms with van der Waals surface area (Å²) in [7, 11) is 2.00. The summed E-state index contributed by atoms with van der Waals surface area (Å²) >= 11 is 5.87. The van der Waals surface area contributed by atoms with E-state index in [0.717, 1.165) is 18.7 Å². The van der Waals surface area contributed by atoms with Gasteiger partial charge in [0.25, 0.3) is 0 Å². The van der Waals surface area contributed by atoms with Crippen LogP contribution < -0.4 is 4.74 Å². The molecular formula is C12H16ClNO2. The van der Waals surface area contributed by atoms with Crippen molar-refractivity contribution < 1.29 is 9.84 Å². The molecule has 1 aromatic carbocycles. The Morgan fingerprint density at radius 3 is 3.00 bits per heavy atom. The van der Waals surface area contributed by atoms with Crippen LogP contribution in [0.4, 0.5) is 0 Å². The third-order valence-electron chi connectivity index (χ3n) is 2.81. The average molecular weight is 242 g/mol. The summed E-state index contributed by atoms with van der Waals surface area (Å²) in [5.74, 6) is 0.723. The third kappa shape index (κ3) is 2.88. The van der Waals surface area contributed by atoms with E-state index in [0.29, 0.717) is 11.6 Å². The highest BCUT2D eigenvalue weighted by molar-refractivity contribution is 6.30. The van der Waals surface area contributed by atoms with Gasteiger partial charge in [0, 0.05) is 18.1 Å². The summed E-state index contributed by atoms with van der Waals surface area (Å²) in [5, 5.41) is 10.5. The molecule has 16 heavy (non-hydrogen) atoms. The maximum Gasteiger partial charge on any atom is 0.127 e. The number of hydrogen-bond donors (Lipinski definition) is 1. The minimum absolute atomic E-state index is 0.130. The fourth-order valence-electron chi connectivity index (χ4n) is 1.92. The standard InChI is InChI=1S/C12H16ClNO2/c1-14-6-5-12(11(15)8-14)16-10-4-2-3-9(13)7-10/h2-4,7,11-12,15H,5-6,8H2,1H3/t11-,12-/m1/s1. The van der Waals surface area contributed by atoms with Gasteiger partial charge in [-0.05, 0) is 31.7 Å². The number of aliphatic hydroxyl groups is 1. The minimum atomic E-state index is -0.433. The molecule has 2 rings (SSSR count). The number of β-amino-alcohol motifs (C(OH)–C–C–N with tert-alkyl or cyclic N) is 1. The van der Waals surface area contributed by atoms with Crippen LogP contribution in [0.2, 0.25) is 5.02 Å². The van der Waals surface area contributed by atoms with Crippen molar-refractivity contribution in [1.29, 1.82) is 0 Å². The van der Waals surface area contributed by atoms with E-state index >= 15 is 0 Å². The molecule has 0 aliphatic carbocycles. The molecule has 0 spiro atoms. The monoisotopic (exact) mass is 241 g/mol. The number of likely N-dealkylation sites (tertiary alicyclic amines) is 1. The molecule has 1 heterocycles. The predicted molar refractivity (Wildman–Crippen MR) is 64.0 cm³/mol. The third-order valence-corrected chi connectivity index (χ3v) is 3.04. The van der Waals surface area contributed by atoms with Crippen LogP contribution in [-0.4, -0.2) is 42.4 Å². The highest BCUT2D eigenvalue weighted by Crippen LogP contribution is 2.21. The normalized spacial score (nSPS) is 26.7. The van der Waals surface area contributed by atoms with Crippen molar-refractivity contribution in [2.75, 3.05) is 20.1 Å². The first kappa shape index (κ1) is 11.7. The quantitative estimate of drug-likeness (QED) is 0.857. The van der Waals surface area contributed by atoms with E-state index in [4.69, 9.17) is 16.3 Å². The van der Waals surface area contributed by atoms with E-state index < -0.39 is 6.10 Å². The van der Waals surface area contributed by atoms with Crippen LogP contribution >= 0.6 is 11.6 Å². The summed E-state index contributed by atoms with van der Waals surface area (Å²) in [6, 6.07) is 7.28. The Labute approximate surface area is 101 Å². The molecule has 1 fully saturated rings. The molecule has 0 bridgehead atoms. The Kier molecular flexibility index (Phi) is 3.69. The first-order valence-electron chi connectivity index (χ1n) is 5.44. The summed E-state index contributed by atoms with van der Waals surface area (Å²) in [4.78, 5) is 2.10. The Balaban J connectivity index is 1.99. The van der Waals surface area contributed by atoms with Gasteiger partial charge in [-0.25, -0.2) is 0 Å². The second-order valence-corrected chi connectivity index (χ2v) is 4.67. The Bertz CT molecular complexity index is 359. The van der Waals surface area contributed by atoms with Gasteiger partial charge in [0.15, 0.2) is 0 Å². The number of piperidine rings is 1. The zero-order chi connectivity index (χ0) is 11.5. The van der Waals surface area contributed by atoms with Gasteiger partial charge >= 0.3 is 0 Å². The second kappa shape index (κ2) is 5.04. The number of likely N-dealkylation sites (N-methyl/N-ethyl adjacent to an activating group) is 1. The number of ether oxygens (including phenoxy) is 1. The molecule has 0 amide bonds. The van der Waals surface area contributed by atoms with E-state index in [1.54, 1.807) is 12.1 Å². The molecule has 1 aliphatic heterocycles. The fraction of sp³-hybridized carbons (Fsp3) is 0.500. The van der Waals surface area contributed by atoms with Gasteiger partial charge in [-0.15, -0.1) is 0 Å². The minimum Gasteiger partial charge on any atom is -0.488 e. The number of benzene rings is 1. The van der Waals surface area contributed by atoms with Gasteiger partial charge in [-0.2, -0.15) is 0 Å². The molecule has 0 unspecified atom stereocenters. The Morgan fingerprint density at radius 2 is 2.31 bits per heavy atom. The topological polar surface area (TPSA) is 32.7 Å². The maximum absolute atomic E-state index is 9.87. The van der Waals surface area contributed by atoms with E-state index in [1.807, 2.05) is 19.2 Å². The van der Waals surface area contributed by atoms with Crippen molar-refractivity contribution in [2.45, 2.75) is 18.6 Å². The van der Waals surface area contributed by atoms with E-state index in [1.165, 1.54) is 0 Å². The predicted octanol–water partition coefficient (Wildman–Crippen LogP) is 1.78. The highest BCUT2D eigenvalue weighted by atomic mass is 35.5. The molecule has 2 atom stereocenters. The maximum atomic E-state index is 9.87. The summed E-state index contributed by atoms with van der Waals surface area (Å²) in [6.07, 6.45) is 0.275. The smallest absolute Gasteiger partial charge is 0.127 e. The molecule has 1 aromatic rings. The molecule has 0 radical (unpaired) electrons. The van der Waals surface area contributed by atoms with Crippen LogP contribution in [0.5, 0.6) is 5.75 Å². The van der Waals surface area contributed by atoms with Crippen LogP contribution in [0, 0.1) is 0 Å². The molecule has 3 nitrogen and oxygen atoms in total.